The molecule has 30 heavy (non-hydrogen) atoms. The third-order valence-electron chi connectivity index (χ3n) is 5.15. The van der Waals surface area contributed by atoms with E-state index in [0.29, 0.717) is 29.5 Å². The summed E-state index contributed by atoms with van der Waals surface area (Å²) in [5, 5.41) is 0.638. The van der Waals surface area contributed by atoms with Crippen molar-refractivity contribution in [3.05, 3.63) is 57.5 Å². The highest BCUT2D eigenvalue weighted by Gasteiger charge is 2.27. The molecule has 2 aromatic rings. The van der Waals surface area contributed by atoms with Crippen molar-refractivity contribution >= 4 is 27.7 Å². The van der Waals surface area contributed by atoms with Gasteiger partial charge in [-0.2, -0.15) is 4.31 Å². The summed E-state index contributed by atoms with van der Waals surface area (Å²) in [6.07, 6.45) is 1.11. The van der Waals surface area contributed by atoms with E-state index in [1.54, 1.807) is 11.8 Å². The lowest BCUT2D eigenvalue weighted by atomic mass is 10.1. The van der Waals surface area contributed by atoms with Gasteiger partial charge in [-0.25, -0.2) is 13.4 Å². The number of hydrogen-bond donors (Lipinski definition) is 1. The monoisotopic (exact) mass is 450 g/mol. The number of rotatable bonds is 6. The van der Waals surface area contributed by atoms with Gasteiger partial charge >= 0.3 is 0 Å². The summed E-state index contributed by atoms with van der Waals surface area (Å²) in [4.78, 5) is 34.1. The van der Waals surface area contributed by atoms with Crippen molar-refractivity contribution in [1.82, 2.24) is 19.2 Å². The lowest BCUT2D eigenvalue weighted by Gasteiger charge is -2.33. The lowest BCUT2D eigenvalue weighted by molar-refractivity contribution is -0.131. The van der Waals surface area contributed by atoms with E-state index in [0.717, 1.165) is 11.8 Å². The SMILES string of the molecule is Cc1nc(SC(C)c2ccccc2)[nH]c(=O)c1CC(=O)N1CCN(S(C)(=O)=O)CC1. The van der Waals surface area contributed by atoms with Crippen LogP contribution in [0.1, 0.15) is 29.0 Å². The fraction of sp³-hybridized carbons (Fsp3) is 0.450. The number of hydrogen-bond acceptors (Lipinski definition) is 6. The lowest BCUT2D eigenvalue weighted by Crippen LogP contribution is -2.50. The van der Waals surface area contributed by atoms with Gasteiger partial charge in [0.15, 0.2) is 5.16 Å². The fourth-order valence-electron chi connectivity index (χ4n) is 3.34. The van der Waals surface area contributed by atoms with Gasteiger partial charge in [0.25, 0.3) is 5.56 Å². The van der Waals surface area contributed by atoms with Crippen LogP contribution in [0, 0.1) is 6.92 Å². The molecule has 0 bridgehead atoms. The number of aryl methyl sites for hydroxylation is 1. The minimum atomic E-state index is -3.25. The summed E-state index contributed by atoms with van der Waals surface area (Å²) in [5.74, 6) is -0.198. The molecule has 1 N–H and O–H groups in total. The highest BCUT2D eigenvalue weighted by atomic mass is 32.2. The summed E-state index contributed by atoms with van der Waals surface area (Å²) in [7, 11) is -3.25. The molecule has 1 aliphatic rings. The zero-order valence-electron chi connectivity index (χ0n) is 17.3. The Labute approximate surface area is 180 Å². The van der Waals surface area contributed by atoms with Gasteiger partial charge in [-0.05, 0) is 19.4 Å². The van der Waals surface area contributed by atoms with E-state index in [-0.39, 0.29) is 36.2 Å². The number of benzene rings is 1. The van der Waals surface area contributed by atoms with Crippen LogP contribution in [0.3, 0.4) is 0 Å². The van der Waals surface area contributed by atoms with Crippen LogP contribution in [0.15, 0.2) is 40.3 Å². The quantitative estimate of drug-likeness (QED) is 0.529. The van der Waals surface area contributed by atoms with Crippen molar-refractivity contribution in [2.24, 2.45) is 0 Å². The van der Waals surface area contributed by atoms with Crippen LogP contribution >= 0.6 is 11.8 Å². The molecule has 3 rings (SSSR count). The largest absolute Gasteiger partial charge is 0.340 e. The third kappa shape index (κ3) is 5.50. The first-order valence-corrected chi connectivity index (χ1v) is 12.4. The number of aromatic amines is 1. The van der Waals surface area contributed by atoms with E-state index in [1.807, 2.05) is 37.3 Å². The predicted octanol–water partition coefficient (Wildman–Crippen LogP) is 1.58. The molecule has 1 amide bonds. The van der Waals surface area contributed by atoms with E-state index in [1.165, 1.54) is 16.1 Å². The summed E-state index contributed by atoms with van der Waals surface area (Å²) in [6, 6.07) is 9.95. The minimum absolute atomic E-state index is 0.0494. The van der Waals surface area contributed by atoms with E-state index in [2.05, 4.69) is 9.97 Å². The number of sulfonamides is 1. The Bertz CT molecular complexity index is 1060. The van der Waals surface area contributed by atoms with E-state index in [9.17, 15) is 18.0 Å². The zero-order valence-corrected chi connectivity index (χ0v) is 18.9. The molecular formula is C20H26N4O4S2. The number of aromatic nitrogens is 2. The molecule has 1 saturated heterocycles. The van der Waals surface area contributed by atoms with Gasteiger partial charge in [0.05, 0.1) is 12.7 Å². The van der Waals surface area contributed by atoms with Crippen LogP contribution in [0.5, 0.6) is 0 Å². The first kappa shape index (κ1) is 22.5. The molecule has 10 heteroatoms. The molecule has 1 atom stereocenters. The smallest absolute Gasteiger partial charge is 0.255 e. The Balaban J connectivity index is 1.66. The van der Waals surface area contributed by atoms with Crippen molar-refractivity contribution in [3.63, 3.8) is 0 Å². The van der Waals surface area contributed by atoms with Crippen LogP contribution in [-0.2, 0) is 21.2 Å². The molecule has 1 unspecified atom stereocenters. The number of carbonyl (C=O) groups is 1. The van der Waals surface area contributed by atoms with Crippen molar-refractivity contribution in [3.8, 4) is 0 Å². The average Bonchev–Trinajstić information content (AvgIpc) is 2.70. The molecule has 0 spiro atoms. The van der Waals surface area contributed by atoms with Crippen LogP contribution in [0.4, 0.5) is 0 Å². The van der Waals surface area contributed by atoms with E-state index >= 15 is 0 Å². The van der Waals surface area contributed by atoms with Gasteiger partial charge in [0.1, 0.15) is 0 Å². The van der Waals surface area contributed by atoms with Gasteiger partial charge in [-0.15, -0.1) is 0 Å². The third-order valence-corrected chi connectivity index (χ3v) is 7.49. The Hall–Kier alpha value is -2.17. The van der Waals surface area contributed by atoms with Crippen molar-refractivity contribution in [2.45, 2.75) is 30.7 Å². The number of nitrogens with zero attached hydrogens (tertiary/aromatic N) is 3. The van der Waals surface area contributed by atoms with E-state index in [4.69, 9.17) is 0 Å². The fourth-order valence-corrected chi connectivity index (χ4v) is 5.14. The van der Waals surface area contributed by atoms with Gasteiger partial charge < -0.3 is 9.88 Å². The number of carbonyl (C=O) groups excluding carboxylic acids is 1. The molecule has 8 nitrogen and oxygen atoms in total. The number of amides is 1. The Morgan fingerprint density at radius 3 is 2.40 bits per heavy atom. The van der Waals surface area contributed by atoms with Crippen molar-refractivity contribution < 1.29 is 13.2 Å². The molecule has 1 aromatic heterocycles. The van der Waals surface area contributed by atoms with Crippen LogP contribution in [0.25, 0.3) is 0 Å². The second-order valence-corrected chi connectivity index (χ2v) is 10.6. The Kier molecular flexibility index (Phi) is 6.99. The molecule has 162 valence electrons. The molecule has 2 heterocycles. The van der Waals surface area contributed by atoms with Gasteiger partial charge in [0.2, 0.25) is 15.9 Å². The maximum Gasteiger partial charge on any atom is 0.255 e. The van der Waals surface area contributed by atoms with E-state index < -0.39 is 10.0 Å². The Morgan fingerprint density at radius 2 is 1.83 bits per heavy atom. The molecule has 0 aliphatic carbocycles. The number of H-pyrrole nitrogens is 1. The second-order valence-electron chi connectivity index (χ2n) is 7.33. The predicted molar refractivity (Wildman–Crippen MR) is 117 cm³/mol. The van der Waals surface area contributed by atoms with Crippen LogP contribution in [0.2, 0.25) is 0 Å². The standard InChI is InChI=1S/C20H26N4O4S2/c1-14-17(13-18(25)23-9-11-24(12-10-23)30(3,27)28)19(26)22-20(21-14)29-15(2)16-7-5-4-6-8-16/h4-8,15H,9-13H2,1-3H3,(H,21,22,26). The summed E-state index contributed by atoms with van der Waals surface area (Å²) in [5.41, 5.74) is 1.70. The van der Waals surface area contributed by atoms with Gasteiger partial charge in [-0.3, -0.25) is 9.59 Å². The van der Waals surface area contributed by atoms with Gasteiger partial charge in [0, 0.05) is 42.7 Å². The van der Waals surface area contributed by atoms with Crippen LogP contribution < -0.4 is 5.56 Å². The molecule has 0 radical (unpaired) electrons. The Morgan fingerprint density at radius 1 is 1.20 bits per heavy atom. The van der Waals surface area contributed by atoms with Gasteiger partial charge in [-0.1, -0.05) is 42.1 Å². The number of piperazine rings is 1. The molecular weight excluding hydrogens is 424 g/mol. The second kappa shape index (κ2) is 9.32. The normalized spacial score (nSPS) is 16.4. The zero-order chi connectivity index (χ0) is 21.9. The molecule has 0 saturated carbocycles. The number of nitrogens with one attached hydrogen (secondary N) is 1. The highest BCUT2D eigenvalue weighted by molar-refractivity contribution is 7.99. The van der Waals surface area contributed by atoms with Crippen LogP contribution in [-0.4, -0.2) is 65.9 Å². The topological polar surface area (TPSA) is 103 Å². The maximum atomic E-state index is 12.6. The highest BCUT2D eigenvalue weighted by Crippen LogP contribution is 2.32. The molecule has 1 fully saturated rings. The maximum absolute atomic E-state index is 12.6. The summed E-state index contributed by atoms with van der Waals surface area (Å²) < 4.78 is 24.6. The first-order chi connectivity index (χ1) is 14.1. The summed E-state index contributed by atoms with van der Waals surface area (Å²) in [6.45, 7) is 4.95. The van der Waals surface area contributed by atoms with Crippen molar-refractivity contribution in [2.75, 3.05) is 32.4 Å². The van der Waals surface area contributed by atoms with Crippen molar-refractivity contribution in [1.29, 1.82) is 0 Å². The average molecular weight is 451 g/mol. The summed E-state index contributed by atoms with van der Waals surface area (Å²) >= 11 is 1.46. The first-order valence-electron chi connectivity index (χ1n) is 9.69. The number of thioether (sulfide) groups is 1. The minimum Gasteiger partial charge on any atom is -0.340 e. The molecule has 1 aromatic carbocycles. The molecule has 1 aliphatic heterocycles.